The lowest BCUT2D eigenvalue weighted by molar-refractivity contribution is -0.148. The minimum Gasteiger partial charge on any atom is -0.460 e. The largest absolute Gasteiger partial charge is 0.460 e. The fraction of sp³-hybridized carbons (Fsp3) is 0.263. The van der Waals surface area contributed by atoms with E-state index in [1.54, 1.807) is 44.2 Å². The van der Waals surface area contributed by atoms with Crippen LogP contribution in [0.1, 0.15) is 25.0 Å². The molecule has 2 aromatic rings. The molecule has 0 saturated carbocycles. The summed E-state index contributed by atoms with van der Waals surface area (Å²) >= 11 is 5.85. The lowest BCUT2D eigenvalue weighted by atomic mass is 10.1. The molecule has 1 atom stereocenters. The molecule has 8 heteroatoms. The lowest BCUT2D eigenvalue weighted by Crippen LogP contribution is -2.45. The van der Waals surface area contributed by atoms with E-state index < -0.39 is 22.0 Å². The molecule has 2 rings (SSSR count). The molecule has 142 valence electrons. The van der Waals surface area contributed by atoms with Gasteiger partial charge in [-0.1, -0.05) is 43.6 Å². The van der Waals surface area contributed by atoms with Crippen molar-refractivity contribution < 1.29 is 17.9 Å². The smallest absolute Gasteiger partial charge is 0.324 e. The van der Waals surface area contributed by atoms with Crippen LogP contribution in [0.5, 0.6) is 0 Å². The number of esters is 1. The van der Waals surface area contributed by atoms with Gasteiger partial charge in [-0.3, -0.25) is 4.79 Å². The Balaban J connectivity index is 2.12. The van der Waals surface area contributed by atoms with E-state index in [4.69, 9.17) is 21.6 Å². The summed E-state index contributed by atoms with van der Waals surface area (Å²) in [5.41, 5.74) is 1.09. The van der Waals surface area contributed by atoms with Gasteiger partial charge < -0.3 is 4.74 Å². The van der Waals surface area contributed by atoms with Crippen LogP contribution in [-0.4, -0.2) is 20.4 Å². The molecule has 0 aromatic heterocycles. The van der Waals surface area contributed by atoms with Crippen LogP contribution in [-0.2, 0) is 26.2 Å². The van der Waals surface area contributed by atoms with Crippen molar-refractivity contribution in [3.05, 3.63) is 64.7 Å². The molecular weight excluding hydrogens is 388 g/mol. The lowest BCUT2D eigenvalue weighted by Gasteiger charge is -2.21. The maximum absolute atomic E-state index is 12.5. The van der Waals surface area contributed by atoms with Gasteiger partial charge in [0.05, 0.1) is 16.5 Å². The van der Waals surface area contributed by atoms with Gasteiger partial charge in [0.1, 0.15) is 12.6 Å². The predicted molar refractivity (Wildman–Crippen MR) is 101 cm³/mol. The molecule has 0 radical (unpaired) electrons. The molecule has 27 heavy (non-hydrogen) atoms. The second-order valence-electron chi connectivity index (χ2n) is 6.22. The maximum atomic E-state index is 12.5. The van der Waals surface area contributed by atoms with E-state index in [9.17, 15) is 13.2 Å². The van der Waals surface area contributed by atoms with Crippen LogP contribution in [0.3, 0.4) is 0 Å². The van der Waals surface area contributed by atoms with E-state index >= 15 is 0 Å². The van der Waals surface area contributed by atoms with Crippen LogP contribution in [0.15, 0.2) is 53.4 Å². The Morgan fingerprint density at radius 1 is 1.22 bits per heavy atom. The average molecular weight is 407 g/mol. The molecule has 0 fully saturated rings. The normalized spacial score (nSPS) is 12.4. The SMILES string of the molecule is CC(C)[C@H](NS(=O)(=O)c1cccc(Cl)c1)C(=O)OCc1cccc(C#N)c1. The first kappa shape index (κ1) is 20.9. The number of nitrogens with one attached hydrogen (secondary N) is 1. The van der Waals surface area contributed by atoms with Crippen LogP contribution in [0.25, 0.3) is 0 Å². The average Bonchev–Trinajstić information content (AvgIpc) is 2.64. The number of halogens is 1. The first-order chi connectivity index (χ1) is 12.7. The Morgan fingerprint density at radius 3 is 2.56 bits per heavy atom. The Labute approximate surface area is 163 Å². The van der Waals surface area contributed by atoms with Gasteiger partial charge >= 0.3 is 5.97 Å². The van der Waals surface area contributed by atoms with Crippen molar-refractivity contribution in [3.8, 4) is 6.07 Å². The number of hydrogen-bond donors (Lipinski definition) is 1. The second-order valence-corrected chi connectivity index (χ2v) is 8.37. The number of sulfonamides is 1. The summed E-state index contributed by atoms with van der Waals surface area (Å²) in [6.07, 6.45) is 0. The zero-order chi connectivity index (χ0) is 20.0. The van der Waals surface area contributed by atoms with Gasteiger partial charge in [0.2, 0.25) is 10.0 Å². The quantitative estimate of drug-likeness (QED) is 0.712. The zero-order valence-electron chi connectivity index (χ0n) is 14.8. The van der Waals surface area contributed by atoms with E-state index in [0.717, 1.165) is 0 Å². The Kier molecular flexibility index (Phi) is 6.97. The highest BCUT2D eigenvalue weighted by Gasteiger charge is 2.29. The van der Waals surface area contributed by atoms with Crippen molar-refractivity contribution in [2.24, 2.45) is 5.92 Å². The van der Waals surface area contributed by atoms with Gasteiger partial charge in [-0.25, -0.2) is 8.42 Å². The Hall–Kier alpha value is -2.40. The van der Waals surface area contributed by atoms with Gasteiger partial charge in [-0.05, 0) is 41.8 Å². The second kappa shape index (κ2) is 9.00. The summed E-state index contributed by atoms with van der Waals surface area (Å²) in [5.74, 6) is -1.03. The number of benzene rings is 2. The first-order valence-corrected chi connectivity index (χ1v) is 10.0. The molecule has 0 heterocycles. The standard InChI is InChI=1S/C19H19ClN2O4S/c1-13(2)18(22-27(24,25)17-8-4-7-16(20)10-17)19(23)26-12-15-6-3-5-14(9-15)11-21/h3-10,13,18,22H,12H2,1-2H3/t18-/m0/s1. The van der Waals surface area contributed by atoms with Gasteiger partial charge in [0, 0.05) is 5.02 Å². The summed E-state index contributed by atoms with van der Waals surface area (Å²) in [5, 5.41) is 9.19. The van der Waals surface area contributed by atoms with Crippen molar-refractivity contribution in [2.45, 2.75) is 31.4 Å². The van der Waals surface area contributed by atoms with Crippen LogP contribution in [0.2, 0.25) is 5.02 Å². The van der Waals surface area contributed by atoms with Crippen LogP contribution < -0.4 is 4.72 Å². The topological polar surface area (TPSA) is 96.3 Å². The van der Waals surface area contributed by atoms with Gasteiger partial charge in [0.15, 0.2) is 0 Å². The minimum absolute atomic E-state index is 0.0322. The van der Waals surface area contributed by atoms with Gasteiger partial charge in [-0.2, -0.15) is 9.98 Å². The van der Waals surface area contributed by atoms with Crippen LogP contribution >= 0.6 is 11.6 Å². The predicted octanol–water partition coefficient (Wildman–Crippen LogP) is 3.26. The van der Waals surface area contributed by atoms with Crippen molar-refractivity contribution in [3.63, 3.8) is 0 Å². The van der Waals surface area contributed by atoms with E-state index in [1.807, 2.05) is 6.07 Å². The first-order valence-electron chi connectivity index (χ1n) is 8.16. The molecule has 0 saturated heterocycles. The van der Waals surface area contributed by atoms with Crippen molar-refractivity contribution in [1.29, 1.82) is 5.26 Å². The highest BCUT2D eigenvalue weighted by molar-refractivity contribution is 7.89. The molecule has 0 bridgehead atoms. The third-order valence-electron chi connectivity index (χ3n) is 3.75. The number of carbonyl (C=O) groups is 1. The molecule has 0 spiro atoms. The van der Waals surface area contributed by atoms with Crippen molar-refractivity contribution in [1.82, 2.24) is 4.72 Å². The molecule has 0 unspecified atom stereocenters. The fourth-order valence-corrected chi connectivity index (χ4v) is 3.93. The maximum Gasteiger partial charge on any atom is 0.324 e. The van der Waals surface area contributed by atoms with Crippen molar-refractivity contribution >= 4 is 27.6 Å². The summed E-state index contributed by atoms with van der Waals surface area (Å²) in [7, 11) is -3.94. The number of hydrogen-bond acceptors (Lipinski definition) is 5. The van der Waals surface area contributed by atoms with Crippen molar-refractivity contribution in [2.75, 3.05) is 0 Å². The molecule has 0 amide bonds. The molecular formula is C19H19ClN2O4S. The van der Waals surface area contributed by atoms with Crippen LogP contribution in [0.4, 0.5) is 0 Å². The summed E-state index contributed by atoms with van der Waals surface area (Å²) in [6.45, 7) is 3.36. The molecule has 6 nitrogen and oxygen atoms in total. The number of carbonyl (C=O) groups excluding carboxylic acids is 1. The summed E-state index contributed by atoms with van der Waals surface area (Å²) < 4.78 is 32.7. The van der Waals surface area contributed by atoms with Gasteiger partial charge in [-0.15, -0.1) is 0 Å². The Bertz CT molecular complexity index is 968. The monoisotopic (exact) mass is 406 g/mol. The highest BCUT2D eigenvalue weighted by Crippen LogP contribution is 2.17. The summed E-state index contributed by atoms with van der Waals surface area (Å²) in [4.78, 5) is 12.4. The number of ether oxygens (including phenoxy) is 1. The number of nitriles is 1. The van der Waals surface area contributed by atoms with E-state index in [-0.39, 0.29) is 22.4 Å². The van der Waals surface area contributed by atoms with Crippen LogP contribution in [0, 0.1) is 17.2 Å². The number of rotatable bonds is 7. The minimum atomic E-state index is -3.94. The summed E-state index contributed by atoms with van der Waals surface area (Å²) in [6, 6.07) is 13.4. The third kappa shape index (κ3) is 5.79. The van der Waals surface area contributed by atoms with E-state index in [2.05, 4.69) is 4.72 Å². The zero-order valence-corrected chi connectivity index (χ0v) is 16.4. The molecule has 0 aliphatic carbocycles. The van der Waals surface area contributed by atoms with E-state index in [1.165, 1.54) is 18.2 Å². The molecule has 0 aliphatic heterocycles. The fourth-order valence-electron chi connectivity index (χ4n) is 2.30. The molecule has 0 aliphatic rings. The Morgan fingerprint density at radius 2 is 1.93 bits per heavy atom. The van der Waals surface area contributed by atoms with E-state index in [0.29, 0.717) is 11.1 Å². The molecule has 1 N–H and O–H groups in total. The highest BCUT2D eigenvalue weighted by atomic mass is 35.5. The molecule has 2 aromatic carbocycles. The third-order valence-corrected chi connectivity index (χ3v) is 5.42. The number of nitrogens with zero attached hydrogens (tertiary/aromatic N) is 1. The van der Waals surface area contributed by atoms with Gasteiger partial charge in [0.25, 0.3) is 0 Å².